The number of benzene rings is 1. The Labute approximate surface area is 160 Å². The molecule has 26 heavy (non-hydrogen) atoms. The zero-order valence-electron chi connectivity index (χ0n) is 14.4. The highest BCUT2D eigenvalue weighted by Crippen LogP contribution is 2.24. The van der Waals surface area contributed by atoms with E-state index in [0.717, 1.165) is 0 Å². The molecule has 1 aromatic heterocycles. The molecule has 0 saturated heterocycles. The Balaban J connectivity index is 1.96. The topological polar surface area (TPSA) is 84.5 Å². The van der Waals surface area contributed by atoms with E-state index in [1.165, 1.54) is 23.5 Å². The van der Waals surface area contributed by atoms with Gasteiger partial charge in [-0.05, 0) is 43.5 Å². The van der Waals surface area contributed by atoms with Crippen molar-refractivity contribution in [3.63, 3.8) is 0 Å². The maximum Gasteiger partial charge on any atom is 0.307 e. The molecule has 0 aliphatic heterocycles. The first kappa shape index (κ1) is 19.9. The third-order valence-electron chi connectivity index (χ3n) is 3.20. The van der Waals surface area contributed by atoms with Gasteiger partial charge in [-0.2, -0.15) is 0 Å². The minimum absolute atomic E-state index is 0.0828. The van der Waals surface area contributed by atoms with Gasteiger partial charge in [0.2, 0.25) is 0 Å². The Kier molecular flexibility index (Phi) is 7.17. The van der Waals surface area contributed by atoms with Gasteiger partial charge in [0.25, 0.3) is 11.8 Å². The molecule has 0 fully saturated rings. The second-order valence-electron chi connectivity index (χ2n) is 5.67. The van der Waals surface area contributed by atoms with Crippen LogP contribution in [0.2, 0.25) is 5.02 Å². The number of ether oxygens (including phenoxy) is 1. The fraction of sp³-hybridized carbons (Fsp3) is 0.278. The highest BCUT2D eigenvalue weighted by molar-refractivity contribution is 7.12. The number of anilines is 1. The Morgan fingerprint density at radius 2 is 1.96 bits per heavy atom. The number of halogens is 1. The van der Waals surface area contributed by atoms with Gasteiger partial charge in [-0.3, -0.25) is 14.4 Å². The number of rotatable bonds is 7. The first-order chi connectivity index (χ1) is 12.4. The van der Waals surface area contributed by atoms with Crippen LogP contribution >= 0.6 is 22.9 Å². The first-order valence-corrected chi connectivity index (χ1v) is 9.24. The highest BCUT2D eigenvalue weighted by atomic mass is 35.5. The molecule has 0 unspecified atom stereocenters. The molecule has 138 valence electrons. The van der Waals surface area contributed by atoms with Crippen LogP contribution in [-0.4, -0.2) is 30.4 Å². The van der Waals surface area contributed by atoms with Crippen molar-refractivity contribution >= 4 is 46.4 Å². The van der Waals surface area contributed by atoms with Crippen LogP contribution in [0.15, 0.2) is 35.7 Å². The third-order valence-corrected chi connectivity index (χ3v) is 4.40. The van der Waals surface area contributed by atoms with Crippen LogP contribution < -0.4 is 10.6 Å². The number of hydrogen-bond acceptors (Lipinski definition) is 5. The van der Waals surface area contributed by atoms with Gasteiger partial charge in [-0.25, -0.2) is 0 Å². The number of hydrogen-bond donors (Lipinski definition) is 2. The van der Waals surface area contributed by atoms with Crippen LogP contribution in [0.3, 0.4) is 0 Å². The summed E-state index contributed by atoms with van der Waals surface area (Å²) < 4.78 is 5.00. The normalized spacial score (nSPS) is 10.5. The maximum atomic E-state index is 12.2. The van der Waals surface area contributed by atoms with Crippen molar-refractivity contribution < 1.29 is 19.1 Å². The molecule has 2 N–H and O–H groups in total. The summed E-state index contributed by atoms with van der Waals surface area (Å²) in [4.78, 5) is 36.3. The molecule has 6 nitrogen and oxygen atoms in total. The molecule has 0 radical (unpaired) electrons. The van der Waals surface area contributed by atoms with Crippen LogP contribution in [0.5, 0.6) is 0 Å². The van der Waals surface area contributed by atoms with Gasteiger partial charge in [0.05, 0.1) is 28.1 Å². The van der Waals surface area contributed by atoms with E-state index in [1.807, 2.05) is 0 Å². The second-order valence-corrected chi connectivity index (χ2v) is 7.03. The minimum atomic E-state index is -0.375. The van der Waals surface area contributed by atoms with E-state index in [0.29, 0.717) is 21.2 Å². The molecule has 8 heteroatoms. The highest BCUT2D eigenvalue weighted by Gasteiger charge is 2.13. The molecular formula is C18H19ClN2O4S. The standard InChI is InChI=1S/C18H19ClN2O4S/c1-11(2)25-16(22)7-8-20-17(23)12-5-6-13(19)14(10-12)21-18(24)15-4-3-9-26-15/h3-6,9-11H,7-8H2,1-2H3,(H,20,23)(H,21,24). The van der Waals surface area contributed by atoms with E-state index in [-0.39, 0.29) is 36.9 Å². The summed E-state index contributed by atoms with van der Waals surface area (Å²) in [5.74, 6) is -1.04. The fourth-order valence-corrected chi connectivity index (χ4v) is 2.84. The quantitative estimate of drug-likeness (QED) is 0.701. The lowest BCUT2D eigenvalue weighted by Gasteiger charge is -2.10. The molecule has 0 aliphatic rings. The van der Waals surface area contributed by atoms with E-state index in [9.17, 15) is 14.4 Å². The number of esters is 1. The summed E-state index contributed by atoms with van der Waals surface area (Å²) in [7, 11) is 0. The van der Waals surface area contributed by atoms with Crippen molar-refractivity contribution in [1.82, 2.24) is 5.32 Å². The summed E-state index contributed by atoms with van der Waals surface area (Å²) in [6.45, 7) is 3.68. The summed E-state index contributed by atoms with van der Waals surface area (Å²) >= 11 is 7.40. The summed E-state index contributed by atoms with van der Waals surface area (Å²) in [5.41, 5.74) is 0.671. The molecule has 0 saturated carbocycles. The Bertz CT molecular complexity index is 790. The van der Waals surface area contributed by atoms with Gasteiger partial charge in [0.1, 0.15) is 0 Å². The fourth-order valence-electron chi connectivity index (χ4n) is 2.06. The predicted molar refractivity (Wildman–Crippen MR) is 102 cm³/mol. The average molecular weight is 395 g/mol. The predicted octanol–water partition coefficient (Wildman–Crippen LogP) is 3.73. The van der Waals surface area contributed by atoms with Crippen molar-refractivity contribution in [3.8, 4) is 0 Å². The molecule has 0 bridgehead atoms. The molecule has 2 rings (SSSR count). The molecule has 0 atom stereocenters. The largest absolute Gasteiger partial charge is 0.463 e. The van der Waals surface area contributed by atoms with Crippen molar-refractivity contribution in [2.75, 3.05) is 11.9 Å². The second kappa shape index (κ2) is 9.35. The van der Waals surface area contributed by atoms with Gasteiger partial charge in [-0.1, -0.05) is 17.7 Å². The summed E-state index contributed by atoms with van der Waals surface area (Å²) in [6.07, 6.45) is -0.108. The van der Waals surface area contributed by atoms with Gasteiger partial charge in [-0.15, -0.1) is 11.3 Å². The van der Waals surface area contributed by atoms with E-state index < -0.39 is 0 Å². The molecule has 2 amide bonds. The van der Waals surface area contributed by atoms with Gasteiger partial charge >= 0.3 is 5.97 Å². The Morgan fingerprint density at radius 3 is 2.62 bits per heavy atom. The van der Waals surface area contributed by atoms with Crippen molar-refractivity contribution in [2.24, 2.45) is 0 Å². The lowest BCUT2D eigenvalue weighted by molar-refractivity contribution is -0.147. The van der Waals surface area contributed by atoms with E-state index >= 15 is 0 Å². The SMILES string of the molecule is CC(C)OC(=O)CCNC(=O)c1ccc(Cl)c(NC(=O)c2cccs2)c1. The number of nitrogens with one attached hydrogen (secondary N) is 2. The summed E-state index contributed by atoms with van der Waals surface area (Å²) in [6, 6.07) is 8.05. The van der Waals surface area contributed by atoms with Gasteiger partial charge in [0, 0.05) is 12.1 Å². The Morgan fingerprint density at radius 1 is 1.19 bits per heavy atom. The zero-order valence-corrected chi connectivity index (χ0v) is 15.9. The minimum Gasteiger partial charge on any atom is -0.463 e. The first-order valence-electron chi connectivity index (χ1n) is 7.99. The van der Waals surface area contributed by atoms with Crippen molar-refractivity contribution in [3.05, 3.63) is 51.2 Å². The monoisotopic (exact) mass is 394 g/mol. The van der Waals surface area contributed by atoms with Crippen LogP contribution in [0.1, 0.15) is 40.3 Å². The molecule has 0 aliphatic carbocycles. The van der Waals surface area contributed by atoms with Crippen molar-refractivity contribution in [2.45, 2.75) is 26.4 Å². The maximum absolute atomic E-state index is 12.2. The van der Waals surface area contributed by atoms with E-state index in [2.05, 4.69) is 10.6 Å². The van der Waals surface area contributed by atoms with Crippen LogP contribution in [-0.2, 0) is 9.53 Å². The molecule has 0 spiro atoms. The number of thiophene rings is 1. The molecule has 2 aromatic rings. The lowest BCUT2D eigenvalue weighted by atomic mass is 10.2. The number of carbonyl (C=O) groups is 3. The van der Waals surface area contributed by atoms with Gasteiger partial charge in [0.15, 0.2) is 0 Å². The van der Waals surface area contributed by atoms with Crippen LogP contribution in [0.25, 0.3) is 0 Å². The van der Waals surface area contributed by atoms with E-state index in [4.69, 9.17) is 16.3 Å². The van der Waals surface area contributed by atoms with Crippen molar-refractivity contribution in [1.29, 1.82) is 0 Å². The van der Waals surface area contributed by atoms with Crippen LogP contribution in [0, 0.1) is 0 Å². The third kappa shape index (κ3) is 5.86. The number of amides is 2. The smallest absolute Gasteiger partial charge is 0.307 e. The lowest BCUT2D eigenvalue weighted by Crippen LogP contribution is -2.27. The summed E-state index contributed by atoms with van der Waals surface area (Å²) in [5, 5.41) is 7.45. The molecule has 1 heterocycles. The van der Waals surface area contributed by atoms with Gasteiger partial charge < -0.3 is 15.4 Å². The molecular weight excluding hydrogens is 376 g/mol. The Hall–Kier alpha value is -2.38. The average Bonchev–Trinajstić information content (AvgIpc) is 3.10. The number of carbonyl (C=O) groups excluding carboxylic acids is 3. The zero-order chi connectivity index (χ0) is 19.1. The van der Waals surface area contributed by atoms with Crippen LogP contribution in [0.4, 0.5) is 5.69 Å². The van der Waals surface area contributed by atoms with E-state index in [1.54, 1.807) is 37.4 Å². The molecule has 1 aromatic carbocycles.